The summed E-state index contributed by atoms with van der Waals surface area (Å²) in [5.74, 6) is 1.70. The van der Waals surface area contributed by atoms with Crippen molar-refractivity contribution in [2.75, 3.05) is 0 Å². The highest BCUT2D eigenvalue weighted by Crippen LogP contribution is 2.33. The van der Waals surface area contributed by atoms with Gasteiger partial charge in [0.25, 0.3) is 0 Å². The van der Waals surface area contributed by atoms with Crippen LogP contribution in [0.5, 0.6) is 0 Å². The van der Waals surface area contributed by atoms with Gasteiger partial charge in [0, 0.05) is 6.04 Å². The van der Waals surface area contributed by atoms with E-state index in [9.17, 15) is 0 Å². The minimum absolute atomic E-state index is 0.397. The molecule has 2 rings (SSSR count). The Balaban J connectivity index is 1.84. The Morgan fingerprint density at radius 3 is 2.79 bits per heavy atom. The van der Waals surface area contributed by atoms with Crippen LogP contribution in [-0.2, 0) is 6.42 Å². The Kier molecular flexibility index (Phi) is 5.45. The summed E-state index contributed by atoms with van der Waals surface area (Å²) in [6.07, 6.45) is 9.16. The summed E-state index contributed by atoms with van der Waals surface area (Å²) in [5, 5.41) is 0. The topological polar surface area (TPSA) is 26.0 Å². The van der Waals surface area contributed by atoms with Crippen LogP contribution in [0.2, 0.25) is 0 Å². The van der Waals surface area contributed by atoms with E-state index in [1.807, 2.05) is 0 Å². The van der Waals surface area contributed by atoms with Crippen LogP contribution in [0.1, 0.15) is 56.6 Å². The molecule has 0 saturated heterocycles. The third kappa shape index (κ3) is 4.07. The van der Waals surface area contributed by atoms with Crippen LogP contribution in [0.4, 0.5) is 0 Å². The summed E-state index contributed by atoms with van der Waals surface area (Å²) >= 11 is 0. The second kappa shape index (κ2) is 7.09. The van der Waals surface area contributed by atoms with E-state index in [-0.39, 0.29) is 0 Å². The van der Waals surface area contributed by atoms with Gasteiger partial charge in [0.2, 0.25) is 0 Å². The van der Waals surface area contributed by atoms with Gasteiger partial charge in [0.05, 0.1) is 0 Å². The summed E-state index contributed by atoms with van der Waals surface area (Å²) in [5.41, 5.74) is 9.34. The summed E-state index contributed by atoms with van der Waals surface area (Å²) in [6.45, 7) is 4.53. The Hall–Kier alpha value is -0.820. The molecule has 0 radical (unpaired) electrons. The highest BCUT2D eigenvalue weighted by molar-refractivity contribution is 5.25. The average molecular weight is 259 g/mol. The van der Waals surface area contributed by atoms with Crippen molar-refractivity contribution >= 4 is 0 Å². The summed E-state index contributed by atoms with van der Waals surface area (Å²) in [7, 11) is 0. The first kappa shape index (κ1) is 14.6. The highest BCUT2D eigenvalue weighted by atomic mass is 14.6. The minimum Gasteiger partial charge on any atom is -0.327 e. The number of benzene rings is 1. The molecule has 0 bridgehead atoms. The van der Waals surface area contributed by atoms with Gasteiger partial charge in [0.15, 0.2) is 0 Å². The fraction of sp³-hybridized carbons (Fsp3) is 0.667. The van der Waals surface area contributed by atoms with Crippen LogP contribution >= 0.6 is 0 Å². The SMILES string of the molecule is CCC1CCCC(C(N)CCc2ccccc2C)C1. The maximum atomic E-state index is 6.46. The van der Waals surface area contributed by atoms with E-state index in [4.69, 9.17) is 5.73 Å². The maximum absolute atomic E-state index is 6.46. The summed E-state index contributed by atoms with van der Waals surface area (Å²) in [4.78, 5) is 0. The van der Waals surface area contributed by atoms with Gasteiger partial charge in [-0.05, 0) is 55.6 Å². The molecule has 0 spiro atoms. The number of nitrogens with two attached hydrogens (primary N) is 1. The normalized spacial score (nSPS) is 25.2. The third-order valence-electron chi connectivity index (χ3n) is 5.01. The van der Waals surface area contributed by atoms with Crippen molar-refractivity contribution in [2.24, 2.45) is 17.6 Å². The van der Waals surface area contributed by atoms with Gasteiger partial charge in [-0.25, -0.2) is 0 Å². The van der Waals surface area contributed by atoms with Crippen molar-refractivity contribution in [2.45, 2.75) is 64.8 Å². The fourth-order valence-electron chi connectivity index (χ4n) is 3.54. The van der Waals surface area contributed by atoms with Crippen molar-refractivity contribution in [1.82, 2.24) is 0 Å². The largest absolute Gasteiger partial charge is 0.327 e. The number of hydrogen-bond donors (Lipinski definition) is 1. The summed E-state index contributed by atoms with van der Waals surface area (Å²) < 4.78 is 0. The van der Waals surface area contributed by atoms with Gasteiger partial charge in [0.1, 0.15) is 0 Å². The molecule has 1 fully saturated rings. The molecule has 3 unspecified atom stereocenters. The molecule has 0 aromatic heterocycles. The van der Waals surface area contributed by atoms with Crippen LogP contribution in [0.15, 0.2) is 24.3 Å². The average Bonchev–Trinajstić information content (AvgIpc) is 2.46. The van der Waals surface area contributed by atoms with E-state index in [1.54, 1.807) is 0 Å². The molecule has 1 aromatic rings. The Morgan fingerprint density at radius 1 is 1.26 bits per heavy atom. The number of aryl methyl sites for hydroxylation is 2. The Labute approximate surface area is 118 Å². The molecule has 0 aliphatic heterocycles. The first-order valence-corrected chi connectivity index (χ1v) is 8.00. The van der Waals surface area contributed by atoms with E-state index < -0.39 is 0 Å². The lowest BCUT2D eigenvalue weighted by Gasteiger charge is -2.32. The van der Waals surface area contributed by atoms with E-state index in [0.717, 1.165) is 24.7 Å². The Bertz CT molecular complexity index is 385. The van der Waals surface area contributed by atoms with Crippen LogP contribution in [-0.4, -0.2) is 6.04 Å². The first-order valence-electron chi connectivity index (χ1n) is 8.00. The van der Waals surface area contributed by atoms with E-state index in [1.165, 1.54) is 43.2 Å². The van der Waals surface area contributed by atoms with Gasteiger partial charge in [-0.2, -0.15) is 0 Å². The third-order valence-corrected chi connectivity index (χ3v) is 5.01. The van der Waals surface area contributed by atoms with Gasteiger partial charge >= 0.3 is 0 Å². The van der Waals surface area contributed by atoms with E-state index in [0.29, 0.717) is 6.04 Å². The van der Waals surface area contributed by atoms with Crippen molar-refractivity contribution in [3.05, 3.63) is 35.4 Å². The molecule has 0 heterocycles. The van der Waals surface area contributed by atoms with Gasteiger partial charge < -0.3 is 5.73 Å². The van der Waals surface area contributed by atoms with Gasteiger partial charge in [-0.15, -0.1) is 0 Å². The highest BCUT2D eigenvalue weighted by Gasteiger charge is 2.25. The monoisotopic (exact) mass is 259 g/mol. The quantitative estimate of drug-likeness (QED) is 0.829. The second-order valence-corrected chi connectivity index (χ2v) is 6.33. The lowest BCUT2D eigenvalue weighted by Crippen LogP contribution is -2.34. The molecule has 1 nitrogen and oxygen atoms in total. The molecule has 1 heteroatoms. The maximum Gasteiger partial charge on any atom is 0.00704 e. The van der Waals surface area contributed by atoms with Crippen LogP contribution in [0.3, 0.4) is 0 Å². The molecule has 19 heavy (non-hydrogen) atoms. The van der Waals surface area contributed by atoms with Gasteiger partial charge in [-0.1, -0.05) is 50.5 Å². The molecule has 1 aromatic carbocycles. The predicted octanol–water partition coefficient (Wildman–Crippen LogP) is 4.47. The fourth-order valence-corrected chi connectivity index (χ4v) is 3.54. The molecule has 1 saturated carbocycles. The zero-order valence-electron chi connectivity index (χ0n) is 12.6. The zero-order valence-corrected chi connectivity index (χ0v) is 12.6. The second-order valence-electron chi connectivity index (χ2n) is 6.33. The Morgan fingerprint density at radius 2 is 2.05 bits per heavy atom. The van der Waals surface area contributed by atoms with E-state index in [2.05, 4.69) is 38.1 Å². The molecular weight excluding hydrogens is 230 g/mol. The lowest BCUT2D eigenvalue weighted by atomic mass is 9.76. The summed E-state index contributed by atoms with van der Waals surface area (Å²) in [6, 6.07) is 9.11. The smallest absolute Gasteiger partial charge is 0.00704 e. The number of rotatable bonds is 5. The zero-order chi connectivity index (χ0) is 13.7. The van der Waals surface area contributed by atoms with E-state index >= 15 is 0 Å². The molecule has 3 atom stereocenters. The molecule has 0 amide bonds. The first-order chi connectivity index (χ1) is 9.20. The van der Waals surface area contributed by atoms with Crippen molar-refractivity contribution in [3.8, 4) is 0 Å². The predicted molar refractivity (Wildman–Crippen MR) is 83.2 cm³/mol. The molecule has 106 valence electrons. The van der Waals surface area contributed by atoms with Gasteiger partial charge in [-0.3, -0.25) is 0 Å². The standard InChI is InChI=1S/C18H29N/c1-3-15-8-6-10-17(13-15)18(19)12-11-16-9-5-4-7-14(16)2/h4-5,7,9,15,17-18H,3,6,8,10-13,19H2,1-2H3. The number of hydrogen-bond acceptors (Lipinski definition) is 1. The van der Waals surface area contributed by atoms with Crippen LogP contribution < -0.4 is 5.73 Å². The minimum atomic E-state index is 0.397. The lowest BCUT2D eigenvalue weighted by molar-refractivity contribution is 0.224. The molecule has 2 N–H and O–H groups in total. The van der Waals surface area contributed by atoms with Crippen LogP contribution in [0.25, 0.3) is 0 Å². The molecule has 1 aliphatic carbocycles. The van der Waals surface area contributed by atoms with Crippen molar-refractivity contribution in [3.63, 3.8) is 0 Å². The molecular formula is C18H29N. The van der Waals surface area contributed by atoms with Crippen molar-refractivity contribution < 1.29 is 0 Å². The molecule has 1 aliphatic rings. The van der Waals surface area contributed by atoms with Crippen molar-refractivity contribution in [1.29, 1.82) is 0 Å². The van der Waals surface area contributed by atoms with Crippen LogP contribution in [0, 0.1) is 18.8 Å².